The minimum Gasteiger partial charge on any atom is -0.367 e. The number of halogens is 1. The minimum atomic E-state index is 0.515. The fourth-order valence-corrected chi connectivity index (χ4v) is 1.64. The second-order valence-corrected chi connectivity index (χ2v) is 4.13. The topological polar surface area (TPSA) is 76.7 Å². The van der Waals surface area contributed by atoms with E-state index in [1.807, 2.05) is 19.1 Å². The van der Waals surface area contributed by atoms with Crippen LogP contribution in [0.2, 0.25) is 5.02 Å². The Kier molecular flexibility index (Phi) is 4.07. The minimum absolute atomic E-state index is 0.515. The largest absolute Gasteiger partial charge is 0.367 e. The lowest BCUT2D eigenvalue weighted by Gasteiger charge is -2.10. The molecule has 0 spiro atoms. The summed E-state index contributed by atoms with van der Waals surface area (Å²) >= 11 is 6.14. The van der Waals surface area contributed by atoms with Gasteiger partial charge in [-0.05, 0) is 19.1 Å². The molecule has 0 saturated heterocycles. The number of nitrogens with zero attached hydrogens (tertiary/aromatic N) is 3. The van der Waals surface area contributed by atoms with Crippen molar-refractivity contribution in [2.45, 2.75) is 6.92 Å². The molecule has 94 valence electrons. The molecule has 2 rings (SSSR count). The number of nitrogens with one attached hydrogen (secondary N) is 1. The highest BCUT2D eigenvalue weighted by atomic mass is 35.5. The zero-order valence-electron chi connectivity index (χ0n) is 10.0. The van der Waals surface area contributed by atoms with Gasteiger partial charge in [-0.15, -0.1) is 0 Å². The summed E-state index contributed by atoms with van der Waals surface area (Å²) < 4.78 is 0. The van der Waals surface area contributed by atoms with Crippen LogP contribution in [-0.4, -0.2) is 28.0 Å². The molecule has 0 bridgehead atoms. The number of hydrogen-bond acceptors (Lipinski definition) is 5. The summed E-state index contributed by atoms with van der Waals surface area (Å²) in [6.07, 6.45) is 3.43. The van der Waals surface area contributed by atoms with Gasteiger partial charge in [-0.2, -0.15) is 0 Å². The average Bonchev–Trinajstić information content (AvgIpc) is 2.41. The predicted octanol–water partition coefficient (Wildman–Crippen LogP) is 1.87. The van der Waals surface area contributed by atoms with E-state index in [-0.39, 0.29) is 0 Å². The van der Waals surface area contributed by atoms with Gasteiger partial charge >= 0.3 is 0 Å². The predicted molar refractivity (Wildman–Crippen MR) is 72.6 cm³/mol. The van der Waals surface area contributed by atoms with Crippen molar-refractivity contribution < 1.29 is 0 Å². The fraction of sp³-hybridized carbons (Fsp3) is 0.250. The van der Waals surface area contributed by atoms with E-state index in [2.05, 4.69) is 20.3 Å². The van der Waals surface area contributed by atoms with E-state index in [0.717, 1.165) is 11.3 Å². The maximum atomic E-state index is 6.14. The summed E-state index contributed by atoms with van der Waals surface area (Å²) in [5.74, 6) is 1.21. The Labute approximate surface area is 110 Å². The molecule has 2 aromatic rings. The molecule has 3 N–H and O–H groups in total. The average molecular weight is 264 g/mol. The van der Waals surface area contributed by atoms with Crippen LogP contribution in [0.5, 0.6) is 0 Å². The summed E-state index contributed by atoms with van der Waals surface area (Å²) in [7, 11) is 0. The zero-order valence-corrected chi connectivity index (χ0v) is 10.8. The Bertz CT molecular complexity index is 529. The SMILES string of the molecule is Cc1nc(-c2cccnc2)nc(NCCN)c1Cl. The molecule has 0 radical (unpaired) electrons. The zero-order chi connectivity index (χ0) is 13.0. The molecule has 2 aromatic heterocycles. The number of nitrogens with two attached hydrogens (primary N) is 1. The van der Waals surface area contributed by atoms with Crippen LogP contribution >= 0.6 is 11.6 Å². The first-order chi connectivity index (χ1) is 8.72. The summed E-state index contributed by atoms with van der Waals surface area (Å²) in [5, 5.41) is 3.61. The first kappa shape index (κ1) is 12.7. The molecule has 0 atom stereocenters. The van der Waals surface area contributed by atoms with Gasteiger partial charge < -0.3 is 11.1 Å². The quantitative estimate of drug-likeness (QED) is 0.881. The lowest BCUT2D eigenvalue weighted by molar-refractivity contribution is 0.999. The van der Waals surface area contributed by atoms with E-state index in [4.69, 9.17) is 17.3 Å². The molecular formula is C12H14ClN5. The smallest absolute Gasteiger partial charge is 0.163 e. The molecule has 6 heteroatoms. The summed E-state index contributed by atoms with van der Waals surface area (Å²) in [4.78, 5) is 12.8. The second-order valence-electron chi connectivity index (χ2n) is 3.75. The molecule has 0 aliphatic rings. The van der Waals surface area contributed by atoms with Crippen molar-refractivity contribution in [3.05, 3.63) is 35.2 Å². The molecular weight excluding hydrogens is 250 g/mol. The van der Waals surface area contributed by atoms with Crippen LogP contribution in [-0.2, 0) is 0 Å². The van der Waals surface area contributed by atoms with Crippen molar-refractivity contribution in [3.63, 3.8) is 0 Å². The van der Waals surface area contributed by atoms with Crippen LogP contribution in [0.4, 0.5) is 5.82 Å². The number of rotatable bonds is 4. The molecule has 0 unspecified atom stereocenters. The van der Waals surface area contributed by atoms with E-state index in [9.17, 15) is 0 Å². The summed E-state index contributed by atoms with van der Waals surface area (Å²) in [6, 6.07) is 3.75. The van der Waals surface area contributed by atoms with Crippen molar-refractivity contribution in [1.29, 1.82) is 0 Å². The molecule has 0 saturated carbocycles. The van der Waals surface area contributed by atoms with E-state index >= 15 is 0 Å². The first-order valence-electron chi connectivity index (χ1n) is 5.61. The lowest BCUT2D eigenvalue weighted by atomic mass is 10.2. The van der Waals surface area contributed by atoms with E-state index in [1.165, 1.54) is 0 Å². The monoisotopic (exact) mass is 263 g/mol. The van der Waals surface area contributed by atoms with Gasteiger partial charge in [0.1, 0.15) is 10.8 Å². The number of aromatic nitrogens is 3. The maximum absolute atomic E-state index is 6.14. The van der Waals surface area contributed by atoms with Crippen molar-refractivity contribution in [2.24, 2.45) is 5.73 Å². The molecule has 0 fully saturated rings. The number of anilines is 1. The molecule has 0 aliphatic heterocycles. The van der Waals surface area contributed by atoms with Crippen molar-refractivity contribution >= 4 is 17.4 Å². The Hall–Kier alpha value is -1.72. The van der Waals surface area contributed by atoms with Crippen LogP contribution in [0.3, 0.4) is 0 Å². The standard InChI is InChI=1S/C12H14ClN5/c1-8-10(13)12(16-6-4-14)18-11(17-8)9-3-2-5-15-7-9/h2-3,5,7H,4,6,14H2,1H3,(H,16,17,18). The molecule has 0 amide bonds. The summed E-state index contributed by atoms with van der Waals surface area (Å²) in [5.41, 5.74) is 7.04. The third-order valence-electron chi connectivity index (χ3n) is 2.37. The number of pyridine rings is 1. The van der Waals surface area contributed by atoms with E-state index < -0.39 is 0 Å². The third-order valence-corrected chi connectivity index (χ3v) is 2.83. The highest BCUT2D eigenvalue weighted by Gasteiger charge is 2.10. The van der Waals surface area contributed by atoms with Crippen LogP contribution < -0.4 is 11.1 Å². The molecule has 5 nitrogen and oxygen atoms in total. The molecule has 2 heterocycles. The molecule has 18 heavy (non-hydrogen) atoms. The van der Waals surface area contributed by atoms with Crippen LogP contribution in [0.1, 0.15) is 5.69 Å². The summed E-state index contributed by atoms with van der Waals surface area (Å²) in [6.45, 7) is 2.97. The van der Waals surface area contributed by atoms with E-state index in [0.29, 0.717) is 29.8 Å². The van der Waals surface area contributed by atoms with Gasteiger partial charge in [0.15, 0.2) is 5.82 Å². The van der Waals surface area contributed by atoms with Gasteiger partial charge in [-0.1, -0.05) is 11.6 Å². The lowest BCUT2D eigenvalue weighted by Crippen LogP contribution is -2.15. The highest BCUT2D eigenvalue weighted by Crippen LogP contribution is 2.25. The normalized spacial score (nSPS) is 10.4. The Morgan fingerprint density at radius 3 is 2.89 bits per heavy atom. The van der Waals surface area contributed by atoms with Crippen molar-refractivity contribution in [2.75, 3.05) is 18.4 Å². The van der Waals surface area contributed by atoms with Gasteiger partial charge in [-0.3, -0.25) is 4.98 Å². The highest BCUT2D eigenvalue weighted by molar-refractivity contribution is 6.33. The Balaban J connectivity index is 2.41. The van der Waals surface area contributed by atoms with Crippen molar-refractivity contribution in [1.82, 2.24) is 15.0 Å². The third kappa shape index (κ3) is 2.75. The van der Waals surface area contributed by atoms with Gasteiger partial charge in [0.05, 0.1) is 5.69 Å². The van der Waals surface area contributed by atoms with E-state index in [1.54, 1.807) is 12.4 Å². The van der Waals surface area contributed by atoms with Gasteiger partial charge in [0.2, 0.25) is 0 Å². The second kappa shape index (κ2) is 5.75. The number of hydrogen-bond donors (Lipinski definition) is 2. The molecule has 0 aliphatic carbocycles. The fourth-order valence-electron chi connectivity index (χ4n) is 1.49. The van der Waals surface area contributed by atoms with Gasteiger partial charge in [-0.25, -0.2) is 9.97 Å². The molecule has 0 aromatic carbocycles. The first-order valence-corrected chi connectivity index (χ1v) is 5.98. The van der Waals surface area contributed by atoms with Crippen LogP contribution in [0.25, 0.3) is 11.4 Å². The van der Waals surface area contributed by atoms with Gasteiger partial charge in [0, 0.05) is 31.0 Å². The van der Waals surface area contributed by atoms with Crippen LogP contribution in [0, 0.1) is 6.92 Å². The van der Waals surface area contributed by atoms with Gasteiger partial charge in [0.25, 0.3) is 0 Å². The Morgan fingerprint density at radius 1 is 1.39 bits per heavy atom. The van der Waals surface area contributed by atoms with Crippen LogP contribution in [0.15, 0.2) is 24.5 Å². The van der Waals surface area contributed by atoms with Crippen molar-refractivity contribution in [3.8, 4) is 11.4 Å². The number of aryl methyl sites for hydroxylation is 1. The Morgan fingerprint density at radius 2 is 2.22 bits per heavy atom. The maximum Gasteiger partial charge on any atom is 0.163 e.